The van der Waals surface area contributed by atoms with Crippen LogP contribution in [0.25, 0.3) is 0 Å². The van der Waals surface area contributed by atoms with Crippen molar-refractivity contribution in [3.05, 3.63) is 0 Å². The number of aliphatic hydroxyl groups excluding tert-OH is 1. The summed E-state index contributed by atoms with van der Waals surface area (Å²) < 4.78 is 5.39. The van der Waals surface area contributed by atoms with Gasteiger partial charge in [-0.3, -0.25) is 9.80 Å². The van der Waals surface area contributed by atoms with Gasteiger partial charge in [0.25, 0.3) is 0 Å². The average Bonchev–Trinajstić information content (AvgIpc) is 1.64. The minimum absolute atomic E-state index is 0. The molecule has 5 aliphatic carbocycles. The summed E-state index contributed by atoms with van der Waals surface area (Å²) in [6.07, 6.45) is 16.7. The Labute approximate surface area is 861 Å². The molecule has 7 rings (SSSR count). The lowest BCUT2D eigenvalue weighted by atomic mass is 9.92. The van der Waals surface area contributed by atoms with Crippen molar-refractivity contribution >= 4 is 0 Å². The van der Waals surface area contributed by atoms with E-state index in [9.17, 15) is 0 Å². The molecule has 11 unspecified atom stereocenters. The Balaban J connectivity index is -0.000000218. The lowest BCUT2D eigenvalue weighted by Crippen LogP contribution is -2.51. The van der Waals surface area contributed by atoms with Gasteiger partial charge in [-0.05, 0) is 250 Å². The number of aliphatic hydroxyl groups is 1. The molecule has 0 amide bonds. The van der Waals surface area contributed by atoms with Gasteiger partial charge < -0.3 is 73.6 Å². The Bertz CT molecular complexity index is 2350. The topological polar surface area (TPSA) is 180 Å². The van der Waals surface area contributed by atoms with Gasteiger partial charge in [-0.15, -0.1) is 0 Å². The minimum Gasteiger partial charge on any atom is -0.395 e. The van der Waals surface area contributed by atoms with Gasteiger partial charge in [0.1, 0.15) is 0 Å². The summed E-state index contributed by atoms with van der Waals surface area (Å²) in [5.41, 5.74) is 1.04. The van der Waals surface area contributed by atoms with Crippen LogP contribution in [0.1, 0.15) is 466 Å². The molecule has 0 bridgehead atoms. The van der Waals surface area contributed by atoms with Crippen LogP contribution in [0.15, 0.2) is 0 Å². The summed E-state index contributed by atoms with van der Waals surface area (Å²) >= 11 is 0. The molecule has 0 aromatic rings. The van der Waals surface area contributed by atoms with Gasteiger partial charge in [0.05, 0.1) is 19.8 Å². The van der Waals surface area contributed by atoms with E-state index in [-0.39, 0.29) is 27.5 Å². The summed E-state index contributed by atoms with van der Waals surface area (Å²) in [5.74, 6) is 16.0. The van der Waals surface area contributed by atoms with Crippen LogP contribution in [0.2, 0.25) is 0 Å². The second kappa shape index (κ2) is 86.3. The maximum absolute atomic E-state index is 8.88. The molecule has 832 valence electrons. The Morgan fingerprint density at radius 1 is 0.338 bits per heavy atom. The highest BCUT2D eigenvalue weighted by atomic mass is 16.5. The smallest absolute Gasteiger partial charge is 0.0594 e. The molecule has 11 atom stereocenters. The number of nitrogens with zero attached hydrogens (tertiary/aromatic N) is 2. The van der Waals surface area contributed by atoms with Crippen molar-refractivity contribution < 1.29 is 9.84 Å². The molecule has 5 saturated carbocycles. The predicted octanol–water partition coefficient (Wildman–Crippen LogP) is 27.5. The Morgan fingerprint density at radius 3 is 0.919 bits per heavy atom. The van der Waals surface area contributed by atoms with Gasteiger partial charge in [0.2, 0.25) is 0 Å². The molecule has 2 heterocycles. The maximum atomic E-state index is 8.88. The number of likely N-dealkylation sites (tertiary alicyclic amines) is 1. The fourth-order valence-corrected chi connectivity index (χ4v) is 16.6. The first-order valence-electron chi connectivity index (χ1n) is 57.4. The molecule has 0 radical (unpaired) electrons. The maximum Gasteiger partial charge on any atom is 0.0594 e. The van der Waals surface area contributed by atoms with Crippen molar-refractivity contribution in [2.75, 3.05) is 85.3 Å². The van der Waals surface area contributed by atoms with Gasteiger partial charge in [-0.2, -0.15) is 0 Å². The number of hydrogen-bond donors (Lipinski definition) is 13. The number of nitrogens with one attached hydrogen (secondary N) is 12. The fourth-order valence-electron chi connectivity index (χ4n) is 16.6. The third-order valence-electron chi connectivity index (χ3n) is 27.1. The SMILES string of the molecule is C.C.CC(C)C1CCCCN1C(C)C.CC(C)CCNC(C)C.CC(C)CCNC(C)C.CC(C)CNC(C)C.CC(C)NC(C)C(C)C.CC(C)NC(CO)C(C)C.CC(C)NC1(C(C)C)CC1.CC(C)NC1(C(C)C)CC1.CC(C)NC1CC1C(C)C.CC(C)NCC(C(C)C)N1CCOCC1.CC(C)NCC(C)C(C)C.CC(C)NCC1CC1C(C)C.CC(C)NCC1CC1C(C)C. The van der Waals surface area contributed by atoms with Gasteiger partial charge >= 0.3 is 0 Å². The summed E-state index contributed by atoms with van der Waals surface area (Å²) in [7, 11) is 0. The molecule has 16 heteroatoms. The van der Waals surface area contributed by atoms with E-state index in [1.165, 1.54) is 96.7 Å². The lowest BCUT2D eigenvalue weighted by molar-refractivity contribution is 0.00617. The summed E-state index contributed by atoms with van der Waals surface area (Å²) in [6, 6.07) is 11.4. The van der Waals surface area contributed by atoms with Crippen LogP contribution >= 0.6 is 0 Å². The molecule has 7 aliphatic rings. The van der Waals surface area contributed by atoms with E-state index in [0.29, 0.717) is 107 Å². The first kappa shape index (κ1) is 151. The predicted molar refractivity (Wildman–Crippen MR) is 623 cm³/mol. The normalized spacial score (nSPS) is 20.5. The summed E-state index contributed by atoms with van der Waals surface area (Å²) in [4.78, 5) is 5.23. The van der Waals surface area contributed by atoms with E-state index in [1.807, 2.05) is 0 Å². The summed E-state index contributed by atoms with van der Waals surface area (Å²) in [5, 5.41) is 50.5. The molecular weight excluding hydrogens is 1670 g/mol. The molecule has 16 nitrogen and oxygen atoms in total. The molecule has 0 aromatic carbocycles. The quantitative estimate of drug-likeness (QED) is 0.0276. The van der Waals surface area contributed by atoms with E-state index in [4.69, 9.17) is 9.84 Å². The van der Waals surface area contributed by atoms with Gasteiger partial charge in [0.15, 0.2) is 0 Å². The van der Waals surface area contributed by atoms with Crippen molar-refractivity contribution in [2.24, 2.45) is 112 Å². The fraction of sp³-hybridized carbons (Fsp3) is 1.00. The molecule has 2 aliphatic heterocycles. The number of hydrogen-bond acceptors (Lipinski definition) is 16. The molecule has 136 heavy (non-hydrogen) atoms. The van der Waals surface area contributed by atoms with E-state index in [0.717, 1.165) is 178 Å². The molecule has 7 fully saturated rings. The van der Waals surface area contributed by atoms with Gasteiger partial charge in [-0.25, -0.2) is 0 Å². The minimum atomic E-state index is 0. The first-order valence-corrected chi connectivity index (χ1v) is 57.4. The van der Waals surface area contributed by atoms with Gasteiger partial charge in [0, 0.05) is 139 Å². The zero-order valence-corrected chi connectivity index (χ0v) is 102. The lowest BCUT2D eigenvalue weighted by Gasteiger charge is -2.40. The highest BCUT2D eigenvalue weighted by Crippen LogP contribution is 2.46. The standard InChI is InChI=1S/C12H26N2O.C11H23N.2C10H21N.3C9H19N.C9H21N.C8H19NO.3C8H19N.C7H17N.2CH4/c1-10(2)12(9-13-11(3)4)14-5-7-15-8-6-14;1-9(2)11-7-5-6-8-12(11)10(3)4;2*1-7(2)10-5-9(10)6-11-8(3)4;2*1-7(2)9(5-6-9)10-8(3)4;1-6(2)8-5-9(8)10-7(3)4;1-7(2)9(5)6-10-8(3)4;1-6(2)8(5-10)9-7(3)4;2*1-7(2)5-6-9-8(3)4;1-6(2)8(5)9-7(3)4;1-6(2)5-8-7(3)4;;/h10-13H,5-9H2,1-4H3;9-11H,5-8H2,1-4H3;2*7-11H,5-6H2,1-4H3;2*7-8,10H,5-6H2,1-4H3;6-10H,5H2,1-4H3;7-10H,6H2,1-5H3;6-10H,5H2,1-4H3;2*7-9H,5-6H2,1-4H3;6-9H,1-5H3;6-8H,5H2,1-4H3;2*1H4. The number of piperidine rings is 1. The number of ether oxygens (including phenoxy) is 1. The van der Waals surface area contributed by atoms with Crippen LogP contribution in [0, 0.1) is 112 Å². The van der Waals surface area contributed by atoms with E-state index in [2.05, 4.69) is 447 Å². The molecule has 2 saturated heterocycles. The van der Waals surface area contributed by atoms with Crippen LogP contribution in [0.5, 0.6) is 0 Å². The highest BCUT2D eigenvalue weighted by molar-refractivity contribution is 5.06. The number of morpholine rings is 1. The third-order valence-corrected chi connectivity index (χ3v) is 27.1. The Kier molecular flexibility index (Phi) is 95.6. The molecular formula is C120H270N14O2. The monoisotopic (exact) mass is 1940 g/mol. The van der Waals surface area contributed by atoms with E-state index >= 15 is 0 Å². The Morgan fingerprint density at radius 2 is 0.706 bits per heavy atom. The van der Waals surface area contributed by atoms with Crippen LogP contribution in [0.4, 0.5) is 0 Å². The van der Waals surface area contributed by atoms with Crippen LogP contribution < -0.4 is 63.8 Å². The van der Waals surface area contributed by atoms with E-state index < -0.39 is 0 Å². The van der Waals surface area contributed by atoms with E-state index in [1.54, 1.807) is 0 Å². The molecule has 0 spiro atoms. The van der Waals surface area contributed by atoms with Crippen molar-refractivity contribution in [3.8, 4) is 0 Å². The van der Waals surface area contributed by atoms with Crippen molar-refractivity contribution in [1.29, 1.82) is 0 Å². The second-order valence-electron chi connectivity index (χ2n) is 50.9. The molecule has 13 N–H and O–H groups in total. The third kappa shape index (κ3) is 92.0. The van der Waals surface area contributed by atoms with Crippen LogP contribution in [0.3, 0.4) is 0 Å². The highest BCUT2D eigenvalue weighted by Gasteiger charge is 2.46. The zero-order valence-electron chi connectivity index (χ0n) is 102. The first-order chi connectivity index (χ1) is 61.7. The average molecular weight is 1940 g/mol. The largest absolute Gasteiger partial charge is 0.395 e. The van der Waals surface area contributed by atoms with Gasteiger partial charge in [-0.1, -0.05) is 374 Å². The van der Waals surface area contributed by atoms with Crippen LogP contribution in [-0.4, -0.2) is 220 Å². The van der Waals surface area contributed by atoms with Crippen molar-refractivity contribution in [1.82, 2.24) is 73.6 Å². The second-order valence-corrected chi connectivity index (χ2v) is 50.9. The van der Waals surface area contributed by atoms with Crippen molar-refractivity contribution in [3.63, 3.8) is 0 Å². The van der Waals surface area contributed by atoms with Crippen molar-refractivity contribution in [2.45, 2.75) is 586 Å². The number of rotatable bonds is 46. The summed E-state index contributed by atoms with van der Waals surface area (Å²) in [6.45, 7) is 135. The zero-order chi connectivity index (χ0) is 105. The Hall–Kier alpha value is -0.640. The van der Waals surface area contributed by atoms with Crippen LogP contribution in [-0.2, 0) is 4.74 Å². The molecule has 0 aromatic heterocycles.